The van der Waals surface area contributed by atoms with Crippen LogP contribution in [-0.2, 0) is 0 Å². The van der Waals surface area contributed by atoms with E-state index in [4.69, 9.17) is 0 Å². The second kappa shape index (κ2) is 5.12. The van der Waals surface area contributed by atoms with Gasteiger partial charge in [0.15, 0.2) is 0 Å². The molecule has 1 aromatic rings. The first-order valence-electron chi connectivity index (χ1n) is 5.83. The summed E-state index contributed by atoms with van der Waals surface area (Å²) in [6, 6.07) is 10.1. The Kier molecular flexibility index (Phi) is 3.57. The number of piperidine rings is 1. The van der Waals surface area contributed by atoms with Gasteiger partial charge in [0, 0.05) is 24.7 Å². The molecular formula is C13H18N2O. The van der Waals surface area contributed by atoms with E-state index in [0.717, 1.165) is 31.5 Å². The van der Waals surface area contributed by atoms with E-state index in [1.165, 1.54) is 0 Å². The van der Waals surface area contributed by atoms with Gasteiger partial charge in [-0.05, 0) is 32.0 Å². The maximum atomic E-state index is 12.1. The summed E-state index contributed by atoms with van der Waals surface area (Å²) in [6.45, 7) is 1.72. The zero-order valence-corrected chi connectivity index (χ0v) is 9.65. The second-order valence-electron chi connectivity index (χ2n) is 4.22. The third-order valence-electron chi connectivity index (χ3n) is 3.21. The smallest absolute Gasteiger partial charge is 0.253 e. The van der Waals surface area contributed by atoms with Crippen molar-refractivity contribution in [1.82, 2.24) is 10.2 Å². The number of likely N-dealkylation sites (tertiary alicyclic amines) is 1. The summed E-state index contributed by atoms with van der Waals surface area (Å²) in [4.78, 5) is 14.0. The minimum Gasteiger partial charge on any atom is -0.339 e. The normalized spacial score (nSPS) is 17.4. The summed E-state index contributed by atoms with van der Waals surface area (Å²) >= 11 is 0. The van der Waals surface area contributed by atoms with Gasteiger partial charge in [-0.15, -0.1) is 0 Å². The number of nitrogens with one attached hydrogen (secondary N) is 1. The molecule has 0 aromatic heterocycles. The van der Waals surface area contributed by atoms with Gasteiger partial charge in [-0.25, -0.2) is 0 Å². The number of rotatable bonds is 2. The van der Waals surface area contributed by atoms with Crippen LogP contribution in [0.5, 0.6) is 0 Å². The van der Waals surface area contributed by atoms with Crippen LogP contribution in [0.15, 0.2) is 30.3 Å². The van der Waals surface area contributed by atoms with E-state index >= 15 is 0 Å². The zero-order valence-electron chi connectivity index (χ0n) is 9.65. The molecule has 1 heterocycles. The van der Waals surface area contributed by atoms with Crippen LogP contribution in [0.1, 0.15) is 23.2 Å². The lowest BCUT2D eigenvalue weighted by molar-refractivity contribution is 0.0707. The molecule has 0 aliphatic carbocycles. The van der Waals surface area contributed by atoms with Crippen LogP contribution in [0, 0.1) is 0 Å². The Bertz CT molecular complexity index is 342. The molecule has 2 rings (SSSR count). The molecule has 16 heavy (non-hydrogen) atoms. The van der Waals surface area contributed by atoms with Gasteiger partial charge < -0.3 is 10.2 Å². The number of amides is 1. The highest BCUT2D eigenvalue weighted by Gasteiger charge is 2.22. The molecule has 0 bridgehead atoms. The SMILES string of the molecule is CNC1CCN(C(=O)c2ccccc2)CC1. The Balaban J connectivity index is 1.97. The summed E-state index contributed by atoms with van der Waals surface area (Å²) in [5.41, 5.74) is 0.797. The lowest BCUT2D eigenvalue weighted by Gasteiger charge is -2.31. The predicted molar refractivity (Wildman–Crippen MR) is 64.4 cm³/mol. The first-order valence-corrected chi connectivity index (χ1v) is 5.83. The number of carbonyl (C=O) groups excluding carboxylic acids is 1. The molecule has 1 fully saturated rings. The molecular weight excluding hydrogens is 200 g/mol. The maximum Gasteiger partial charge on any atom is 0.253 e. The van der Waals surface area contributed by atoms with Gasteiger partial charge in [0.1, 0.15) is 0 Å². The van der Waals surface area contributed by atoms with E-state index in [2.05, 4.69) is 5.32 Å². The molecule has 0 radical (unpaired) electrons. The van der Waals surface area contributed by atoms with Crippen molar-refractivity contribution in [2.45, 2.75) is 18.9 Å². The summed E-state index contributed by atoms with van der Waals surface area (Å²) in [7, 11) is 1.99. The van der Waals surface area contributed by atoms with E-state index in [1.807, 2.05) is 42.3 Å². The topological polar surface area (TPSA) is 32.3 Å². The van der Waals surface area contributed by atoms with Gasteiger partial charge in [0.2, 0.25) is 0 Å². The van der Waals surface area contributed by atoms with Crippen LogP contribution in [-0.4, -0.2) is 37.0 Å². The number of nitrogens with zero attached hydrogens (tertiary/aromatic N) is 1. The fourth-order valence-corrected chi connectivity index (χ4v) is 2.13. The quantitative estimate of drug-likeness (QED) is 0.816. The van der Waals surface area contributed by atoms with Crippen molar-refractivity contribution >= 4 is 5.91 Å². The minimum absolute atomic E-state index is 0.162. The molecule has 1 aromatic carbocycles. The third kappa shape index (κ3) is 2.42. The molecule has 1 aliphatic rings. The third-order valence-corrected chi connectivity index (χ3v) is 3.21. The van der Waals surface area contributed by atoms with Crippen LogP contribution < -0.4 is 5.32 Å². The molecule has 1 saturated heterocycles. The number of carbonyl (C=O) groups is 1. The fourth-order valence-electron chi connectivity index (χ4n) is 2.13. The molecule has 3 nitrogen and oxygen atoms in total. The standard InChI is InChI=1S/C13H18N2O/c1-14-12-7-9-15(10-8-12)13(16)11-5-3-2-4-6-11/h2-6,12,14H,7-10H2,1H3. The highest BCUT2D eigenvalue weighted by molar-refractivity contribution is 5.94. The molecule has 0 atom stereocenters. The Morgan fingerprint density at radius 3 is 2.44 bits per heavy atom. The van der Waals surface area contributed by atoms with Crippen LogP contribution in [0.2, 0.25) is 0 Å². The Hall–Kier alpha value is -1.35. The molecule has 1 N–H and O–H groups in total. The Morgan fingerprint density at radius 2 is 1.88 bits per heavy atom. The number of hydrogen-bond donors (Lipinski definition) is 1. The predicted octanol–water partition coefficient (Wildman–Crippen LogP) is 1.51. The van der Waals surface area contributed by atoms with Crippen molar-refractivity contribution in [1.29, 1.82) is 0 Å². The van der Waals surface area contributed by atoms with E-state index < -0.39 is 0 Å². The van der Waals surface area contributed by atoms with Gasteiger partial charge >= 0.3 is 0 Å². The van der Waals surface area contributed by atoms with E-state index in [0.29, 0.717) is 6.04 Å². The highest BCUT2D eigenvalue weighted by Crippen LogP contribution is 2.13. The maximum absolute atomic E-state index is 12.1. The lowest BCUT2D eigenvalue weighted by Crippen LogP contribution is -2.43. The van der Waals surface area contributed by atoms with Gasteiger partial charge in [-0.1, -0.05) is 18.2 Å². The zero-order chi connectivity index (χ0) is 11.4. The van der Waals surface area contributed by atoms with Crippen molar-refractivity contribution in [2.24, 2.45) is 0 Å². The second-order valence-corrected chi connectivity index (χ2v) is 4.22. The average molecular weight is 218 g/mol. The summed E-state index contributed by atoms with van der Waals surface area (Å²) in [5.74, 6) is 0.162. The van der Waals surface area contributed by atoms with Crippen molar-refractivity contribution in [3.63, 3.8) is 0 Å². The molecule has 86 valence electrons. The average Bonchev–Trinajstić information content (AvgIpc) is 2.39. The number of hydrogen-bond acceptors (Lipinski definition) is 2. The van der Waals surface area contributed by atoms with Crippen LogP contribution >= 0.6 is 0 Å². The molecule has 3 heteroatoms. The van der Waals surface area contributed by atoms with Crippen LogP contribution in [0.25, 0.3) is 0 Å². The van der Waals surface area contributed by atoms with E-state index in [9.17, 15) is 4.79 Å². The molecule has 0 spiro atoms. The molecule has 0 saturated carbocycles. The molecule has 1 aliphatic heterocycles. The summed E-state index contributed by atoms with van der Waals surface area (Å²) in [5, 5.41) is 3.27. The number of benzene rings is 1. The van der Waals surface area contributed by atoms with Gasteiger partial charge in [-0.2, -0.15) is 0 Å². The van der Waals surface area contributed by atoms with E-state index in [1.54, 1.807) is 0 Å². The van der Waals surface area contributed by atoms with Crippen molar-refractivity contribution in [3.05, 3.63) is 35.9 Å². The summed E-state index contributed by atoms with van der Waals surface area (Å²) in [6.07, 6.45) is 2.10. The van der Waals surface area contributed by atoms with Crippen molar-refractivity contribution in [3.8, 4) is 0 Å². The fraction of sp³-hybridized carbons (Fsp3) is 0.462. The monoisotopic (exact) mass is 218 g/mol. The lowest BCUT2D eigenvalue weighted by atomic mass is 10.0. The Labute approximate surface area is 96.5 Å². The van der Waals surface area contributed by atoms with Crippen molar-refractivity contribution in [2.75, 3.05) is 20.1 Å². The minimum atomic E-state index is 0.162. The highest BCUT2D eigenvalue weighted by atomic mass is 16.2. The van der Waals surface area contributed by atoms with Gasteiger partial charge in [0.25, 0.3) is 5.91 Å². The van der Waals surface area contributed by atoms with Crippen LogP contribution in [0.3, 0.4) is 0 Å². The van der Waals surface area contributed by atoms with E-state index in [-0.39, 0.29) is 5.91 Å². The van der Waals surface area contributed by atoms with Crippen molar-refractivity contribution < 1.29 is 4.79 Å². The summed E-state index contributed by atoms with van der Waals surface area (Å²) < 4.78 is 0. The van der Waals surface area contributed by atoms with Gasteiger partial charge in [0.05, 0.1) is 0 Å². The van der Waals surface area contributed by atoms with Gasteiger partial charge in [-0.3, -0.25) is 4.79 Å². The largest absolute Gasteiger partial charge is 0.339 e. The van der Waals surface area contributed by atoms with Crippen LogP contribution in [0.4, 0.5) is 0 Å². The Morgan fingerprint density at radius 1 is 1.25 bits per heavy atom. The molecule has 0 unspecified atom stereocenters. The molecule has 1 amide bonds. The first-order chi connectivity index (χ1) is 7.81. The first kappa shape index (κ1) is 11.1.